The van der Waals surface area contributed by atoms with Gasteiger partial charge in [-0.1, -0.05) is 0 Å². The van der Waals surface area contributed by atoms with E-state index in [9.17, 15) is 0 Å². The Labute approximate surface area is 76.5 Å². The van der Waals surface area contributed by atoms with Gasteiger partial charge < -0.3 is 9.47 Å². The third-order valence-corrected chi connectivity index (χ3v) is 2.79. The molecule has 60 valence electrons. The predicted molar refractivity (Wildman–Crippen MR) is 45.0 cm³/mol. The molecule has 1 saturated heterocycles. The number of thiazole rings is 1. The third kappa shape index (κ3) is 1.91. The Morgan fingerprint density at radius 3 is 3.27 bits per heavy atom. The Bertz CT molecular complexity index is 248. The topological polar surface area (TPSA) is 34.6 Å². The molecule has 0 bridgehead atoms. The third-order valence-electron chi connectivity index (χ3n) is 1.30. The Morgan fingerprint density at radius 1 is 1.91 bits per heavy atom. The fraction of sp³-hybridized carbons (Fsp3) is 0.500. The van der Waals surface area contributed by atoms with Crippen LogP contribution in [-0.2, 0) is 4.74 Å². The van der Waals surface area contributed by atoms with E-state index in [2.05, 4.69) is 20.9 Å². The van der Waals surface area contributed by atoms with E-state index < -0.39 is 0 Å². The summed E-state index contributed by atoms with van der Waals surface area (Å²) in [7, 11) is 0. The van der Waals surface area contributed by atoms with Crippen LogP contribution >= 0.6 is 27.3 Å². The zero-order valence-corrected chi connectivity index (χ0v) is 8.02. The number of aromatic nitrogens is 1. The highest BCUT2D eigenvalue weighted by atomic mass is 79.9. The highest BCUT2D eigenvalue weighted by Gasteiger charge is 2.23. The summed E-state index contributed by atoms with van der Waals surface area (Å²) in [6.07, 6.45) is 0.295. The van der Waals surface area contributed by atoms with E-state index in [1.165, 1.54) is 11.3 Å². The SMILES string of the molecule is Brc1scnc1OC[C@H]1CO1. The van der Waals surface area contributed by atoms with E-state index >= 15 is 0 Å². The second kappa shape index (κ2) is 3.08. The summed E-state index contributed by atoms with van der Waals surface area (Å²) in [6.45, 7) is 1.43. The molecule has 0 saturated carbocycles. The lowest BCUT2D eigenvalue weighted by molar-refractivity contribution is 0.255. The molecule has 0 spiro atoms. The summed E-state index contributed by atoms with van der Waals surface area (Å²) in [5.41, 5.74) is 1.74. The standard InChI is InChI=1S/C6H6BrNO2S/c7-5-6(8-3-11-5)10-2-4-1-9-4/h3-4H,1-2H2/t4-/m1/s1. The van der Waals surface area contributed by atoms with Crippen molar-refractivity contribution in [3.05, 3.63) is 9.30 Å². The highest BCUT2D eigenvalue weighted by Crippen LogP contribution is 2.27. The molecule has 0 unspecified atom stereocenters. The lowest BCUT2D eigenvalue weighted by Crippen LogP contribution is -2.04. The smallest absolute Gasteiger partial charge is 0.239 e. The molecule has 3 nitrogen and oxygen atoms in total. The van der Waals surface area contributed by atoms with E-state index in [-0.39, 0.29) is 0 Å². The summed E-state index contributed by atoms with van der Waals surface area (Å²) in [5, 5.41) is 0. The molecular weight excluding hydrogens is 230 g/mol. The maximum absolute atomic E-state index is 5.33. The highest BCUT2D eigenvalue weighted by molar-refractivity contribution is 9.11. The van der Waals surface area contributed by atoms with Crippen LogP contribution in [0.25, 0.3) is 0 Å². The predicted octanol–water partition coefficient (Wildman–Crippen LogP) is 1.68. The first-order valence-electron chi connectivity index (χ1n) is 3.19. The molecule has 0 amide bonds. The molecule has 1 aromatic heterocycles. The second-order valence-corrected chi connectivity index (χ2v) is 4.37. The van der Waals surface area contributed by atoms with Crippen molar-refractivity contribution < 1.29 is 9.47 Å². The van der Waals surface area contributed by atoms with Crippen molar-refractivity contribution in [1.29, 1.82) is 0 Å². The minimum atomic E-state index is 0.295. The van der Waals surface area contributed by atoms with Crippen molar-refractivity contribution >= 4 is 27.3 Å². The van der Waals surface area contributed by atoms with E-state index in [0.29, 0.717) is 18.6 Å². The first kappa shape index (κ1) is 7.52. The molecule has 1 aromatic rings. The summed E-state index contributed by atoms with van der Waals surface area (Å²) in [4.78, 5) is 4.01. The number of hydrogen-bond acceptors (Lipinski definition) is 4. The molecule has 0 aliphatic carbocycles. The van der Waals surface area contributed by atoms with E-state index in [4.69, 9.17) is 9.47 Å². The fourth-order valence-corrected chi connectivity index (χ4v) is 1.57. The van der Waals surface area contributed by atoms with Crippen LogP contribution in [0.3, 0.4) is 0 Å². The van der Waals surface area contributed by atoms with Gasteiger partial charge >= 0.3 is 0 Å². The minimum Gasteiger partial charge on any atom is -0.473 e. The van der Waals surface area contributed by atoms with Crippen molar-refractivity contribution in [3.8, 4) is 5.88 Å². The molecule has 2 heterocycles. The molecular formula is C6H6BrNO2S. The number of epoxide rings is 1. The molecule has 1 aliphatic rings. The maximum Gasteiger partial charge on any atom is 0.239 e. The number of halogens is 1. The van der Waals surface area contributed by atoms with Crippen LogP contribution in [0.4, 0.5) is 0 Å². The van der Waals surface area contributed by atoms with Gasteiger partial charge in [0.15, 0.2) is 0 Å². The normalized spacial score (nSPS) is 21.7. The number of hydrogen-bond donors (Lipinski definition) is 0. The second-order valence-electron chi connectivity index (χ2n) is 2.20. The maximum atomic E-state index is 5.33. The fourth-order valence-electron chi connectivity index (χ4n) is 0.652. The molecule has 1 atom stereocenters. The molecule has 0 radical (unpaired) electrons. The van der Waals surface area contributed by atoms with Gasteiger partial charge in [-0.2, -0.15) is 0 Å². The zero-order chi connectivity index (χ0) is 7.68. The van der Waals surface area contributed by atoms with Crippen LogP contribution in [0, 0.1) is 0 Å². The molecule has 1 aliphatic heterocycles. The monoisotopic (exact) mass is 235 g/mol. The molecule has 2 rings (SSSR count). The number of nitrogens with zero attached hydrogens (tertiary/aromatic N) is 1. The van der Waals surface area contributed by atoms with E-state index in [0.717, 1.165) is 10.4 Å². The average Bonchev–Trinajstić information content (AvgIpc) is 2.73. The number of ether oxygens (including phenoxy) is 2. The first-order chi connectivity index (χ1) is 5.36. The van der Waals surface area contributed by atoms with Crippen LogP contribution in [0.1, 0.15) is 0 Å². The van der Waals surface area contributed by atoms with Crippen LogP contribution in [0.2, 0.25) is 0 Å². The van der Waals surface area contributed by atoms with Gasteiger partial charge in [0.2, 0.25) is 5.88 Å². The van der Waals surface area contributed by atoms with Crippen LogP contribution < -0.4 is 4.74 Å². The van der Waals surface area contributed by atoms with Crippen molar-refractivity contribution in [2.24, 2.45) is 0 Å². The summed E-state index contributed by atoms with van der Waals surface area (Å²) in [6, 6.07) is 0. The van der Waals surface area contributed by atoms with Crippen molar-refractivity contribution in [2.45, 2.75) is 6.10 Å². The van der Waals surface area contributed by atoms with Gasteiger partial charge in [-0.05, 0) is 15.9 Å². The van der Waals surface area contributed by atoms with E-state index in [1.807, 2.05) is 0 Å². The van der Waals surface area contributed by atoms with E-state index in [1.54, 1.807) is 5.51 Å². The van der Waals surface area contributed by atoms with Gasteiger partial charge in [0.05, 0.1) is 12.1 Å². The lowest BCUT2D eigenvalue weighted by Gasteiger charge is -1.98. The van der Waals surface area contributed by atoms with Crippen molar-refractivity contribution in [1.82, 2.24) is 4.98 Å². The molecule has 1 fully saturated rings. The van der Waals surface area contributed by atoms with Crippen LogP contribution in [0.5, 0.6) is 5.88 Å². The largest absolute Gasteiger partial charge is 0.473 e. The van der Waals surface area contributed by atoms with Crippen molar-refractivity contribution in [2.75, 3.05) is 13.2 Å². The van der Waals surface area contributed by atoms with Gasteiger partial charge in [0.1, 0.15) is 16.5 Å². The Kier molecular flexibility index (Phi) is 2.11. The summed E-state index contributed by atoms with van der Waals surface area (Å²) < 4.78 is 11.3. The number of rotatable bonds is 3. The zero-order valence-electron chi connectivity index (χ0n) is 5.62. The van der Waals surface area contributed by atoms with Gasteiger partial charge in [-0.25, -0.2) is 4.98 Å². The summed E-state index contributed by atoms with van der Waals surface area (Å²) in [5.74, 6) is 0.672. The van der Waals surface area contributed by atoms with Gasteiger partial charge in [-0.3, -0.25) is 0 Å². The molecule has 0 aromatic carbocycles. The van der Waals surface area contributed by atoms with Crippen LogP contribution in [-0.4, -0.2) is 24.3 Å². The molecule has 0 N–H and O–H groups in total. The minimum absolute atomic E-state index is 0.295. The quantitative estimate of drug-likeness (QED) is 0.749. The van der Waals surface area contributed by atoms with Crippen LogP contribution in [0.15, 0.2) is 9.30 Å². The van der Waals surface area contributed by atoms with Gasteiger partial charge in [0, 0.05) is 0 Å². The van der Waals surface area contributed by atoms with Crippen molar-refractivity contribution in [3.63, 3.8) is 0 Å². The molecule has 11 heavy (non-hydrogen) atoms. The Morgan fingerprint density at radius 2 is 2.73 bits per heavy atom. The first-order valence-corrected chi connectivity index (χ1v) is 4.87. The Balaban J connectivity index is 1.89. The average molecular weight is 236 g/mol. The molecule has 5 heteroatoms. The Hall–Kier alpha value is -0.130. The van der Waals surface area contributed by atoms with Gasteiger partial charge in [-0.15, -0.1) is 11.3 Å². The van der Waals surface area contributed by atoms with Gasteiger partial charge in [0.25, 0.3) is 0 Å². The lowest BCUT2D eigenvalue weighted by atomic mass is 10.5. The summed E-state index contributed by atoms with van der Waals surface area (Å²) >= 11 is 4.84.